The molecule has 0 aliphatic carbocycles. The van der Waals surface area contributed by atoms with E-state index in [1.54, 1.807) is 12.3 Å². The van der Waals surface area contributed by atoms with Gasteiger partial charge in [0.05, 0.1) is 29.3 Å². The van der Waals surface area contributed by atoms with Crippen LogP contribution in [0.3, 0.4) is 0 Å². The quantitative estimate of drug-likeness (QED) is 0.811. The summed E-state index contributed by atoms with van der Waals surface area (Å²) in [6, 6.07) is 2.95. The van der Waals surface area contributed by atoms with Gasteiger partial charge in [0.1, 0.15) is 11.6 Å². The number of H-pyrrole nitrogens is 1. The molecule has 0 radical (unpaired) electrons. The van der Waals surface area contributed by atoms with Crippen molar-refractivity contribution in [2.45, 2.75) is 19.4 Å². The SMILES string of the molecule is CC(C)(N)c1ncc(-c2ccc(F)cn2)[nH]1. The van der Waals surface area contributed by atoms with E-state index in [1.165, 1.54) is 12.3 Å². The summed E-state index contributed by atoms with van der Waals surface area (Å²) in [6.07, 6.45) is 2.81. The van der Waals surface area contributed by atoms with Crippen LogP contribution in [0.1, 0.15) is 19.7 Å². The molecule has 3 N–H and O–H groups in total. The van der Waals surface area contributed by atoms with Gasteiger partial charge in [0.15, 0.2) is 0 Å². The highest BCUT2D eigenvalue weighted by Gasteiger charge is 2.18. The van der Waals surface area contributed by atoms with E-state index in [-0.39, 0.29) is 5.82 Å². The molecule has 0 atom stereocenters. The molecular formula is C11H13FN4. The van der Waals surface area contributed by atoms with Crippen molar-refractivity contribution in [1.82, 2.24) is 15.0 Å². The van der Waals surface area contributed by atoms with Crippen molar-refractivity contribution >= 4 is 0 Å². The lowest BCUT2D eigenvalue weighted by Gasteiger charge is -2.14. The molecule has 0 spiro atoms. The Kier molecular flexibility index (Phi) is 2.47. The number of rotatable bonds is 2. The first-order valence-corrected chi connectivity index (χ1v) is 4.93. The fraction of sp³-hybridized carbons (Fsp3) is 0.273. The number of hydrogen-bond donors (Lipinski definition) is 2. The van der Waals surface area contributed by atoms with E-state index in [2.05, 4.69) is 15.0 Å². The Morgan fingerprint density at radius 3 is 2.50 bits per heavy atom. The van der Waals surface area contributed by atoms with Gasteiger partial charge in [0.25, 0.3) is 0 Å². The predicted octanol–water partition coefficient (Wildman–Crippen LogP) is 1.80. The number of nitrogens with two attached hydrogens (primary N) is 1. The average Bonchev–Trinajstić information content (AvgIpc) is 2.67. The molecule has 16 heavy (non-hydrogen) atoms. The fourth-order valence-corrected chi connectivity index (χ4v) is 1.31. The van der Waals surface area contributed by atoms with Gasteiger partial charge in [-0.25, -0.2) is 9.37 Å². The number of hydrogen-bond acceptors (Lipinski definition) is 3. The van der Waals surface area contributed by atoms with E-state index in [0.29, 0.717) is 11.5 Å². The maximum Gasteiger partial charge on any atom is 0.141 e. The van der Waals surface area contributed by atoms with Gasteiger partial charge in [-0.3, -0.25) is 4.98 Å². The van der Waals surface area contributed by atoms with Crippen LogP contribution in [0.15, 0.2) is 24.5 Å². The highest BCUT2D eigenvalue weighted by atomic mass is 19.1. The molecule has 2 rings (SSSR count). The maximum atomic E-state index is 12.7. The molecule has 0 aliphatic rings. The van der Waals surface area contributed by atoms with Crippen LogP contribution >= 0.6 is 0 Å². The van der Waals surface area contributed by atoms with Crippen LogP contribution in [0.4, 0.5) is 4.39 Å². The van der Waals surface area contributed by atoms with E-state index in [9.17, 15) is 4.39 Å². The standard InChI is InChI=1S/C11H13FN4/c1-11(2,13)10-15-6-9(16-10)8-4-3-7(12)5-14-8/h3-6H,13H2,1-2H3,(H,15,16). The van der Waals surface area contributed by atoms with Crippen LogP contribution in [0.5, 0.6) is 0 Å². The largest absolute Gasteiger partial charge is 0.339 e. The predicted molar refractivity (Wildman–Crippen MR) is 59.0 cm³/mol. The lowest BCUT2D eigenvalue weighted by atomic mass is 10.1. The first kappa shape index (κ1) is 10.8. The van der Waals surface area contributed by atoms with E-state index in [4.69, 9.17) is 5.73 Å². The van der Waals surface area contributed by atoms with Gasteiger partial charge in [0.2, 0.25) is 0 Å². The average molecular weight is 220 g/mol. The zero-order valence-electron chi connectivity index (χ0n) is 9.16. The Morgan fingerprint density at radius 2 is 2.00 bits per heavy atom. The molecule has 0 amide bonds. The maximum absolute atomic E-state index is 12.7. The summed E-state index contributed by atoms with van der Waals surface area (Å²) < 4.78 is 12.7. The second-order valence-electron chi connectivity index (χ2n) is 4.23. The monoisotopic (exact) mass is 220 g/mol. The molecule has 0 aliphatic heterocycles. The molecule has 2 aromatic heterocycles. The minimum atomic E-state index is -0.529. The summed E-state index contributed by atoms with van der Waals surface area (Å²) in [5.41, 5.74) is 6.74. The van der Waals surface area contributed by atoms with Crippen molar-refractivity contribution in [2.24, 2.45) is 5.73 Å². The first-order chi connectivity index (χ1) is 7.47. The summed E-state index contributed by atoms with van der Waals surface area (Å²) in [7, 11) is 0. The van der Waals surface area contributed by atoms with Crippen molar-refractivity contribution in [1.29, 1.82) is 0 Å². The molecule has 0 saturated carbocycles. The molecular weight excluding hydrogens is 207 g/mol. The summed E-state index contributed by atoms with van der Waals surface area (Å²) >= 11 is 0. The lowest BCUT2D eigenvalue weighted by Crippen LogP contribution is -2.30. The van der Waals surface area contributed by atoms with Crippen LogP contribution < -0.4 is 5.73 Å². The van der Waals surface area contributed by atoms with Crippen molar-refractivity contribution in [3.63, 3.8) is 0 Å². The number of aromatic amines is 1. The van der Waals surface area contributed by atoms with Crippen LogP contribution in [0, 0.1) is 5.82 Å². The third kappa shape index (κ3) is 2.09. The second-order valence-corrected chi connectivity index (χ2v) is 4.23. The third-order valence-corrected chi connectivity index (χ3v) is 2.19. The summed E-state index contributed by atoms with van der Waals surface area (Å²) in [6.45, 7) is 3.71. The molecule has 5 heteroatoms. The molecule has 2 aromatic rings. The molecule has 4 nitrogen and oxygen atoms in total. The molecule has 0 aromatic carbocycles. The van der Waals surface area contributed by atoms with E-state index in [1.807, 2.05) is 13.8 Å². The molecule has 84 valence electrons. The van der Waals surface area contributed by atoms with Crippen molar-refractivity contribution in [2.75, 3.05) is 0 Å². The molecule has 0 unspecified atom stereocenters. The van der Waals surface area contributed by atoms with Gasteiger partial charge in [-0.05, 0) is 26.0 Å². The first-order valence-electron chi connectivity index (χ1n) is 4.93. The van der Waals surface area contributed by atoms with Crippen molar-refractivity contribution in [3.05, 3.63) is 36.2 Å². The van der Waals surface area contributed by atoms with Crippen molar-refractivity contribution in [3.8, 4) is 11.4 Å². The lowest BCUT2D eigenvalue weighted by molar-refractivity contribution is 0.520. The number of pyridine rings is 1. The minimum Gasteiger partial charge on any atom is -0.339 e. The van der Waals surface area contributed by atoms with Gasteiger partial charge in [-0.15, -0.1) is 0 Å². The summed E-state index contributed by atoms with van der Waals surface area (Å²) in [4.78, 5) is 11.2. The van der Waals surface area contributed by atoms with Crippen LogP contribution in [0.25, 0.3) is 11.4 Å². The van der Waals surface area contributed by atoms with Crippen LogP contribution in [-0.2, 0) is 5.54 Å². The highest BCUT2D eigenvalue weighted by molar-refractivity contribution is 5.52. The van der Waals surface area contributed by atoms with Crippen LogP contribution in [-0.4, -0.2) is 15.0 Å². The summed E-state index contributed by atoms with van der Waals surface area (Å²) in [5, 5.41) is 0. The highest BCUT2D eigenvalue weighted by Crippen LogP contribution is 2.18. The zero-order chi connectivity index (χ0) is 11.8. The summed E-state index contributed by atoms with van der Waals surface area (Å²) in [5.74, 6) is 0.316. The van der Waals surface area contributed by atoms with Crippen molar-refractivity contribution < 1.29 is 4.39 Å². The van der Waals surface area contributed by atoms with Crippen LogP contribution in [0.2, 0.25) is 0 Å². The molecule has 2 heterocycles. The topological polar surface area (TPSA) is 67.6 Å². The zero-order valence-corrected chi connectivity index (χ0v) is 9.16. The normalized spacial score (nSPS) is 11.8. The Labute approximate surface area is 92.7 Å². The Balaban J connectivity index is 2.35. The Hall–Kier alpha value is -1.75. The number of aromatic nitrogens is 3. The molecule has 0 fully saturated rings. The number of halogens is 1. The molecule has 0 bridgehead atoms. The van der Waals surface area contributed by atoms with Gasteiger partial charge >= 0.3 is 0 Å². The molecule has 0 saturated heterocycles. The smallest absolute Gasteiger partial charge is 0.141 e. The minimum absolute atomic E-state index is 0.359. The fourth-order valence-electron chi connectivity index (χ4n) is 1.31. The third-order valence-electron chi connectivity index (χ3n) is 2.19. The van der Waals surface area contributed by atoms with Gasteiger partial charge in [0, 0.05) is 0 Å². The van der Waals surface area contributed by atoms with E-state index >= 15 is 0 Å². The van der Waals surface area contributed by atoms with E-state index in [0.717, 1.165) is 5.69 Å². The van der Waals surface area contributed by atoms with Gasteiger partial charge in [-0.2, -0.15) is 0 Å². The Morgan fingerprint density at radius 1 is 1.25 bits per heavy atom. The van der Waals surface area contributed by atoms with E-state index < -0.39 is 5.54 Å². The number of imidazole rings is 1. The Bertz CT molecular complexity index is 481. The van der Waals surface area contributed by atoms with Gasteiger partial charge in [-0.1, -0.05) is 0 Å². The van der Waals surface area contributed by atoms with Gasteiger partial charge < -0.3 is 10.7 Å². The number of nitrogens with zero attached hydrogens (tertiary/aromatic N) is 2. The number of nitrogens with one attached hydrogen (secondary N) is 1. The second kappa shape index (κ2) is 3.68.